The summed E-state index contributed by atoms with van der Waals surface area (Å²) < 4.78 is 18.1. The van der Waals surface area contributed by atoms with Crippen molar-refractivity contribution in [2.75, 3.05) is 32.4 Å². The molecule has 1 heterocycles. The SMILES string of the molecule is COc1cc(-c2nnc(SCC(=O)Nc3ccc(C(C)C)cc3)n2C)cc(OC)c1OC. The molecule has 0 fully saturated rings. The minimum absolute atomic E-state index is 0.107. The van der Waals surface area contributed by atoms with Gasteiger partial charge < -0.3 is 24.1 Å². The summed E-state index contributed by atoms with van der Waals surface area (Å²) in [5, 5.41) is 12.1. The molecule has 0 aliphatic heterocycles. The highest BCUT2D eigenvalue weighted by molar-refractivity contribution is 7.99. The molecule has 0 bridgehead atoms. The summed E-state index contributed by atoms with van der Waals surface area (Å²) in [5.41, 5.74) is 2.77. The maximum Gasteiger partial charge on any atom is 0.234 e. The van der Waals surface area contributed by atoms with E-state index in [1.165, 1.54) is 17.3 Å². The van der Waals surface area contributed by atoms with Crippen molar-refractivity contribution in [2.24, 2.45) is 7.05 Å². The van der Waals surface area contributed by atoms with Gasteiger partial charge in [0.25, 0.3) is 0 Å². The molecule has 3 rings (SSSR count). The Hall–Kier alpha value is -3.20. The van der Waals surface area contributed by atoms with Crippen LogP contribution in [0.5, 0.6) is 17.2 Å². The second-order valence-corrected chi connectivity index (χ2v) is 8.34. The van der Waals surface area contributed by atoms with Gasteiger partial charge in [-0.2, -0.15) is 0 Å². The Morgan fingerprint density at radius 3 is 2.19 bits per heavy atom. The molecular weight excluding hydrogens is 428 g/mol. The smallest absolute Gasteiger partial charge is 0.234 e. The second-order valence-electron chi connectivity index (χ2n) is 7.39. The molecular formula is C23H28N4O4S. The summed E-state index contributed by atoms with van der Waals surface area (Å²) in [5.74, 6) is 2.75. The predicted octanol–water partition coefficient (Wildman–Crippen LogP) is 4.36. The Labute approximate surface area is 192 Å². The van der Waals surface area contributed by atoms with Gasteiger partial charge in [0.05, 0.1) is 27.1 Å². The van der Waals surface area contributed by atoms with Crippen LogP contribution in [0.1, 0.15) is 25.3 Å². The van der Waals surface area contributed by atoms with Crippen LogP contribution in [-0.2, 0) is 11.8 Å². The van der Waals surface area contributed by atoms with E-state index in [1.54, 1.807) is 21.3 Å². The van der Waals surface area contributed by atoms with Gasteiger partial charge in [0, 0.05) is 18.3 Å². The van der Waals surface area contributed by atoms with E-state index in [0.29, 0.717) is 34.1 Å². The van der Waals surface area contributed by atoms with Crippen molar-refractivity contribution in [1.82, 2.24) is 14.8 Å². The first-order valence-corrected chi connectivity index (χ1v) is 11.1. The highest BCUT2D eigenvalue weighted by atomic mass is 32.2. The molecule has 0 atom stereocenters. The number of anilines is 1. The molecule has 0 saturated heterocycles. The van der Waals surface area contributed by atoms with Gasteiger partial charge in [-0.3, -0.25) is 4.79 Å². The van der Waals surface area contributed by atoms with Crippen LogP contribution in [0.2, 0.25) is 0 Å². The van der Waals surface area contributed by atoms with Gasteiger partial charge >= 0.3 is 0 Å². The summed E-state index contributed by atoms with van der Waals surface area (Å²) in [7, 11) is 6.53. The van der Waals surface area contributed by atoms with E-state index in [0.717, 1.165) is 11.3 Å². The molecule has 0 aliphatic carbocycles. The van der Waals surface area contributed by atoms with Crippen molar-refractivity contribution in [2.45, 2.75) is 24.9 Å². The molecule has 1 aromatic heterocycles. The van der Waals surface area contributed by atoms with E-state index in [-0.39, 0.29) is 11.7 Å². The monoisotopic (exact) mass is 456 g/mol. The van der Waals surface area contributed by atoms with Crippen LogP contribution >= 0.6 is 11.8 Å². The fraction of sp³-hybridized carbons (Fsp3) is 0.348. The highest BCUT2D eigenvalue weighted by Crippen LogP contribution is 2.41. The number of nitrogens with zero attached hydrogens (tertiary/aromatic N) is 3. The molecule has 1 N–H and O–H groups in total. The molecule has 9 heteroatoms. The molecule has 0 aliphatic rings. The lowest BCUT2D eigenvalue weighted by Crippen LogP contribution is -2.14. The Kier molecular flexibility index (Phi) is 7.63. The largest absolute Gasteiger partial charge is 0.493 e. The minimum atomic E-state index is -0.107. The average Bonchev–Trinajstić information content (AvgIpc) is 3.17. The van der Waals surface area contributed by atoms with Crippen molar-refractivity contribution in [3.8, 4) is 28.6 Å². The number of carbonyl (C=O) groups excluding carboxylic acids is 1. The zero-order valence-corrected chi connectivity index (χ0v) is 19.9. The molecule has 2 aromatic carbocycles. The molecule has 0 spiro atoms. The number of thioether (sulfide) groups is 1. The van der Waals surface area contributed by atoms with E-state index < -0.39 is 0 Å². The van der Waals surface area contributed by atoms with E-state index in [4.69, 9.17) is 14.2 Å². The van der Waals surface area contributed by atoms with Gasteiger partial charge in [-0.15, -0.1) is 10.2 Å². The van der Waals surface area contributed by atoms with Crippen molar-refractivity contribution >= 4 is 23.4 Å². The van der Waals surface area contributed by atoms with Crippen LogP contribution in [0.3, 0.4) is 0 Å². The fourth-order valence-corrected chi connectivity index (χ4v) is 3.89. The first kappa shape index (κ1) is 23.5. The van der Waals surface area contributed by atoms with Crippen molar-refractivity contribution in [1.29, 1.82) is 0 Å². The zero-order chi connectivity index (χ0) is 23.3. The molecule has 1 amide bonds. The normalized spacial score (nSPS) is 10.8. The number of rotatable bonds is 9. The van der Waals surface area contributed by atoms with Crippen LogP contribution in [0.25, 0.3) is 11.4 Å². The first-order chi connectivity index (χ1) is 15.4. The number of methoxy groups -OCH3 is 3. The summed E-state index contributed by atoms with van der Waals surface area (Å²) >= 11 is 1.32. The predicted molar refractivity (Wildman–Crippen MR) is 126 cm³/mol. The zero-order valence-electron chi connectivity index (χ0n) is 19.1. The topological polar surface area (TPSA) is 87.5 Å². The van der Waals surface area contributed by atoms with Crippen LogP contribution in [0.15, 0.2) is 41.6 Å². The quantitative estimate of drug-likeness (QED) is 0.479. The Morgan fingerprint density at radius 1 is 1.03 bits per heavy atom. The van der Waals surface area contributed by atoms with Gasteiger partial charge in [-0.1, -0.05) is 37.7 Å². The fourth-order valence-electron chi connectivity index (χ4n) is 3.18. The summed E-state index contributed by atoms with van der Waals surface area (Å²) in [6.45, 7) is 4.27. The number of aromatic nitrogens is 3. The Balaban J connectivity index is 1.70. The van der Waals surface area contributed by atoms with Gasteiger partial charge in [-0.05, 0) is 35.7 Å². The van der Waals surface area contributed by atoms with E-state index in [2.05, 4.69) is 29.4 Å². The van der Waals surface area contributed by atoms with Crippen molar-refractivity contribution in [3.05, 3.63) is 42.0 Å². The lowest BCUT2D eigenvalue weighted by molar-refractivity contribution is -0.113. The molecule has 8 nitrogen and oxygen atoms in total. The first-order valence-electron chi connectivity index (χ1n) is 10.1. The molecule has 170 valence electrons. The van der Waals surface area contributed by atoms with Crippen LogP contribution in [-0.4, -0.2) is 47.8 Å². The molecule has 0 unspecified atom stereocenters. The van der Waals surface area contributed by atoms with E-state index in [1.807, 2.05) is 48.0 Å². The van der Waals surface area contributed by atoms with Crippen molar-refractivity contribution in [3.63, 3.8) is 0 Å². The second kappa shape index (κ2) is 10.4. The minimum Gasteiger partial charge on any atom is -0.493 e. The Bertz CT molecular complexity index is 1060. The van der Waals surface area contributed by atoms with Gasteiger partial charge in [-0.25, -0.2) is 0 Å². The number of carbonyl (C=O) groups is 1. The molecule has 32 heavy (non-hydrogen) atoms. The van der Waals surface area contributed by atoms with E-state index in [9.17, 15) is 4.79 Å². The van der Waals surface area contributed by atoms with Crippen molar-refractivity contribution < 1.29 is 19.0 Å². The molecule has 3 aromatic rings. The maximum atomic E-state index is 12.4. The number of hydrogen-bond acceptors (Lipinski definition) is 7. The van der Waals surface area contributed by atoms with Crippen LogP contribution in [0.4, 0.5) is 5.69 Å². The number of hydrogen-bond donors (Lipinski definition) is 1. The summed E-state index contributed by atoms with van der Waals surface area (Å²) in [6, 6.07) is 11.5. The number of benzene rings is 2. The Morgan fingerprint density at radius 2 is 1.66 bits per heavy atom. The summed E-state index contributed by atoms with van der Waals surface area (Å²) in [6.07, 6.45) is 0. The average molecular weight is 457 g/mol. The van der Waals surface area contributed by atoms with Gasteiger partial charge in [0.1, 0.15) is 0 Å². The maximum absolute atomic E-state index is 12.4. The third-order valence-corrected chi connectivity index (χ3v) is 5.97. The van der Waals surface area contributed by atoms with E-state index >= 15 is 0 Å². The third-order valence-electron chi connectivity index (χ3n) is 4.95. The number of amides is 1. The van der Waals surface area contributed by atoms with Crippen LogP contribution in [0, 0.1) is 0 Å². The number of nitrogens with one attached hydrogen (secondary N) is 1. The van der Waals surface area contributed by atoms with Crippen LogP contribution < -0.4 is 19.5 Å². The highest BCUT2D eigenvalue weighted by Gasteiger charge is 2.19. The van der Waals surface area contributed by atoms with Gasteiger partial charge in [0.15, 0.2) is 22.5 Å². The molecule has 0 saturated carbocycles. The third kappa shape index (κ3) is 5.16. The lowest BCUT2D eigenvalue weighted by atomic mass is 10.0. The number of ether oxygens (including phenoxy) is 3. The van der Waals surface area contributed by atoms with Gasteiger partial charge in [0.2, 0.25) is 11.7 Å². The lowest BCUT2D eigenvalue weighted by Gasteiger charge is -2.14. The summed E-state index contributed by atoms with van der Waals surface area (Å²) in [4.78, 5) is 12.4. The standard InChI is InChI=1S/C23H28N4O4S/c1-14(2)15-7-9-17(10-8-15)24-20(28)13-32-23-26-25-22(27(23)3)16-11-18(29-4)21(31-6)19(12-16)30-5/h7-12,14H,13H2,1-6H3,(H,24,28). The molecule has 0 radical (unpaired) electrons.